The number of nitrogens with zero attached hydrogens (tertiary/aromatic N) is 4. The van der Waals surface area contributed by atoms with Crippen molar-refractivity contribution >= 4 is 36.6 Å². The van der Waals surface area contributed by atoms with Crippen molar-refractivity contribution in [1.29, 1.82) is 0 Å². The van der Waals surface area contributed by atoms with E-state index in [1.807, 2.05) is 0 Å². The number of rotatable bonds is 5. The molecule has 17 heteroatoms. The molecule has 4 aliphatic rings. The van der Waals surface area contributed by atoms with Gasteiger partial charge in [-0.2, -0.15) is 23.3 Å². The molecule has 2 aromatic heterocycles. The Balaban J connectivity index is 1.62. The van der Waals surface area contributed by atoms with E-state index < -0.39 is 31.1 Å². The van der Waals surface area contributed by atoms with E-state index >= 15 is 0 Å². The third-order valence-electron chi connectivity index (χ3n) is 6.81. The summed E-state index contributed by atoms with van der Waals surface area (Å²) in [7, 11) is -0.910. The van der Waals surface area contributed by atoms with Crippen molar-refractivity contribution in [2.24, 2.45) is 0 Å². The second-order valence-corrected chi connectivity index (χ2v) is 12.1. The number of carbonyl (C=O) groups excluding carboxylic acids is 1. The number of alkyl halides is 3. The van der Waals surface area contributed by atoms with E-state index in [0.717, 1.165) is 0 Å². The number of benzene rings is 2. The van der Waals surface area contributed by atoms with Crippen molar-refractivity contribution in [2.75, 3.05) is 38.1 Å². The average Bonchev–Trinajstić information content (AvgIpc) is 3.49. The Morgan fingerprint density at radius 1 is 1.11 bits per heavy atom. The van der Waals surface area contributed by atoms with Gasteiger partial charge in [-0.3, -0.25) is 18.9 Å². The predicted molar refractivity (Wildman–Crippen MR) is 162 cm³/mol. The predicted octanol–water partition coefficient (Wildman–Crippen LogP) is 6.30. The Morgan fingerprint density at radius 3 is 2.65 bits per heavy atom. The maximum Gasteiger partial charge on any atom is 0.421 e. The van der Waals surface area contributed by atoms with E-state index in [1.54, 1.807) is 48.3 Å². The lowest BCUT2D eigenvalue weighted by molar-refractivity contribution is -0.137. The van der Waals surface area contributed by atoms with E-state index in [-0.39, 0.29) is 42.3 Å². The van der Waals surface area contributed by atoms with Gasteiger partial charge >= 0.3 is 13.8 Å². The van der Waals surface area contributed by atoms with Gasteiger partial charge in [0, 0.05) is 24.5 Å². The van der Waals surface area contributed by atoms with Crippen LogP contribution in [0, 0.1) is 0 Å². The summed E-state index contributed by atoms with van der Waals surface area (Å²) in [6, 6.07) is 9.43. The van der Waals surface area contributed by atoms with Gasteiger partial charge in [0.25, 0.3) is 5.91 Å². The van der Waals surface area contributed by atoms with Gasteiger partial charge in [0.2, 0.25) is 5.95 Å². The van der Waals surface area contributed by atoms with Crippen LogP contribution < -0.4 is 20.9 Å². The Hall–Kier alpha value is -4.50. The zero-order chi connectivity index (χ0) is 32.9. The van der Waals surface area contributed by atoms with E-state index in [4.69, 9.17) is 18.6 Å². The summed E-state index contributed by atoms with van der Waals surface area (Å²) in [4.78, 5) is 25.7. The topological polar surface area (TPSA) is 151 Å². The van der Waals surface area contributed by atoms with Crippen LogP contribution in [0.25, 0.3) is 11.1 Å². The fourth-order valence-electron chi connectivity index (χ4n) is 4.71. The summed E-state index contributed by atoms with van der Waals surface area (Å²) in [6.45, 7) is 2.45. The molecule has 0 aliphatic carbocycles. The maximum atomic E-state index is 14.1. The number of hydroxylamine groups is 1. The van der Waals surface area contributed by atoms with Crippen LogP contribution in [-0.2, 0) is 37.3 Å². The lowest BCUT2D eigenvalue weighted by Gasteiger charge is -2.19. The first kappa shape index (κ1) is 32.9. The molecule has 1 atom stereocenters. The van der Waals surface area contributed by atoms with Gasteiger partial charge in [0.1, 0.15) is 17.1 Å². The van der Waals surface area contributed by atoms with E-state index in [2.05, 4.69) is 31.2 Å². The van der Waals surface area contributed by atoms with Crippen LogP contribution in [0.5, 0.6) is 5.75 Å². The summed E-state index contributed by atoms with van der Waals surface area (Å²) in [6.07, 6.45) is -0.443. The summed E-state index contributed by atoms with van der Waals surface area (Å²) < 4.78 is 74.3. The summed E-state index contributed by atoms with van der Waals surface area (Å²) in [5.74, 6) is -1.23. The number of halogens is 3. The Kier molecular flexibility index (Phi) is 9.91. The van der Waals surface area contributed by atoms with Crippen molar-refractivity contribution in [3.05, 3.63) is 71.7 Å². The molecule has 8 rings (SSSR count). The van der Waals surface area contributed by atoms with E-state index in [1.165, 1.54) is 26.4 Å². The highest BCUT2D eigenvalue weighted by molar-refractivity contribution is 7.53. The molecule has 13 nitrogen and oxygen atoms in total. The molecule has 0 spiro atoms. The monoisotopic (exact) mass is 661 g/mol. The third kappa shape index (κ3) is 7.65. The Labute approximate surface area is 261 Å². The minimum atomic E-state index is -4.83. The van der Waals surface area contributed by atoms with Crippen LogP contribution in [0.1, 0.15) is 34.8 Å². The van der Waals surface area contributed by atoms with Crippen LogP contribution in [0.15, 0.2) is 55.0 Å². The molecule has 2 aromatic carbocycles. The Bertz CT molecular complexity index is 1770. The molecule has 0 radical (unpaired) electrons. The van der Waals surface area contributed by atoms with Crippen molar-refractivity contribution in [1.82, 2.24) is 25.2 Å². The first-order chi connectivity index (χ1) is 22.0. The molecular formula is C29H31F3N7O6P. The molecule has 0 fully saturated rings. The smallest absolute Gasteiger partial charge is 0.421 e. The second kappa shape index (κ2) is 13.9. The van der Waals surface area contributed by atoms with Crippen molar-refractivity contribution in [3.8, 4) is 16.9 Å². The number of amides is 1. The lowest BCUT2D eigenvalue weighted by atomic mass is 10.0. The van der Waals surface area contributed by atoms with Gasteiger partial charge in [-0.25, -0.2) is 10.5 Å². The number of nitrogens with one attached hydrogen (secondary N) is 3. The van der Waals surface area contributed by atoms with Gasteiger partial charge in [0.15, 0.2) is 0 Å². The number of carbonyl (C=O) groups is 1. The molecule has 4 aromatic rings. The fourth-order valence-corrected chi connectivity index (χ4v) is 6.41. The molecule has 3 N–H and O–H groups in total. The molecular weight excluding hydrogens is 630 g/mol. The number of ether oxygens (including phenoxy) is 1. The van der Waals surface area contributed by atoms with Crippen LogP contribution in [0.2, 0.25) is 0 Å². The number of methoxy groups -OCH3 is 1. The highest BCUT2D eigenvalue weighted by Crippen LogP contribution is 2.52. The normalized spacial score (nSPS) is 16.9. The van der Waals surface area contributed by atoms with E-state index in [9.17, 15) is 22.5 Å². The summed E-state index contributed by atoms with van der Waals surface area (Å²) >= 11 is 0. The summed E-state index contributed by atoms with van der Waals surface area (Å²) in [5, 5.41) is 9.90. The molecule has 1 unspecified atom stereocenters. The molecule has 46 heavy (non-hydrogen) atoms. The zero-order valence-electron chi connectivity index (χ0n) is 25.1. The number of aromatic nitrogens is 4. The second-order valence-electron chi connectivity index (χ2n) is 10.00. The molecule has 8 bridgehead atoms. The first-order valence-corrected chi connectivity index (χ1v) is 15.8. The van der Waals surface area contributed by atoms with Gasteiger partial charge in [0.05, 0.1) is 56.7 Å². The number of hydrogen-bond donors (Lipinski definition) is 3. The standard InChI is InChI=1S/C29H31F3N7O6P/c1-4-44-46(41)17-18-6-8-24(25(12-18)42-2)36-28-33-15-22(29(30,31)32)26(37-28)35-23-9-7-19(13-21(23)27(40)38-43-3)20-14-34-39(16-20)10-5-11-45-46/h6-9,12-16H,4-5,10-11,17H2,1-3H3,(H,38,40)(H2,33,35,36,37). The largest absolute Gasteiger partial charge is 0.495 e. The van der Waals surface area contributed by atoms with Gasteiger partial charge in [-0.05, 0) is 48.7 Å². The highest BCUT2D eigenvalue weighted by atomic mass is 31.2. The minimum absolute atomic E-state index is 0.0205. The zero-order valence-corrected chi connectivity index (χ0v) is 25.9. The van der Waals surface area contributed by atoms with Crippen LogP contribution in [0.3, 0.4) is 0 Å². The Morgan fingerprint density at radius 2 is 1.91 bits per heavy atom. The minimum Gasteiger partial charge on any atom is -0.495 e. The van der Waals surface area contributed by atoms with Crippen molar-refractivity contribution in [3.63, 3.8) is 0 Å². The summed E-state index contributed by atoms with van der Waals surface area (Å²) in [5.41, 5.74) is 3.17. The SMILES string of the molecule is CCOP1(=O)Cc2ccc(c(OC)c2)Nc2ncc(C(F)(F)F)c(n2)Nc2ccc(cc2C(=O)NOC)-c2cnn(c2)CCCO1. The van der Waals surface area contributed by atoms with Crippen LogP contribution >= 0.6 is 7.60 Å². The van der Waals surface area contributed by atoms with Gasteiger partial charge in [-0.15, -0.1) is 0 Å². The van der Waals surface area contributed by atoms with Crippen LogP contribution in [0.4, 0.5) is 36.3 Å². The lowest BCUT2D eigenvalue weighted by Crippen LogP contribution is -2.23. The molecule has 6 heterocycles. The maximum absolute atomic E-state index is 14.1. The molecule has 1 amide bonds. The third-order valence-corrected chi connectivity index (χ3v) is 8.79. The van der Waals surface area contributed by atoms with Crippen LogP contribution in [-0.4, -0.2) is 53.1 Å². The van der Waals surface area contributed by atoms with E-state index in [0.29, 0.717) is 41.5 Å². The quantitative estimate of drug-likeness (QED) is 0.163. The molecule has 4 aliphatic heterocycles. The van der Waals surface area contributed by atoms with Gasteiger partial charge < -0.3 is 24.4 Å². The molecule has 244 valence electrons. The van der Waals surface area contributed by atoms with Crippen molar-refractivity contribution in [2.45, 2.75) is 32.2 Å². The molecule has 0 saturated heterocycles. The fraction of sp³-hybridized carbons (Fsp3) is 0.310. The van der Waals surface area contributed by atoms with Gasteiger partial charge in [-0.1, -0.05) is 12.1 Å². The first-order valence-electron chi connectivity index (χ1n) is 14.1. The van der Waals surface area contributed by atoms with Crippen molar-refractivity contribution < 1.29 is 41.2 Å². The average molecular weight is 662 g/mol. The molecule has 0 saturated carbocycles. The number of aryl methyl sites for hydroxylation is 1. The highest BCUT2D eigenvalue weighted by Gasteiger charge is 2.36. The number of hydrogen-bond acceptors (Lipinski definition) is 11. The number of anilines is 4.